The molecule has 0 saturated carbocycles. The van der Waals surface area contributed by atoms with E-state index < -0.39 is 12.1 Å². The molecule has 0 spiro atoms. The van der Waals surface area contributed by atoms with Gasteiger partial charge in [0, 0.05) is 35.5 Å². The summed E-state index contributed by atoms with van der Waals surface area (Å²) in [6.07, 6.45) is -3.51. The first-order valence-electron chi connectivity index (χ1n) is 11.5. The van der Waals surface area contributed by atoms with Crippen LogP contribution in [0.15, 0.2) is 46.3 Å². The van der Waals surface area contributed by atoms with Gasteiger partial charge in [0.05, 0.1) is 12.1 Å². The first kappa shape index (κ1) is 27.0. The van der Waals surface area contributed by atoms with Gasteiger partial charge in [-0.05, 0) is 31.9 Å². The lowest BCUT2D eigenvalue weighted by molar-refractivity contribution is -0.192. The fourth-order valence-corrected chi connectivity index (χ4v) is 4.48. The summed E-state index contributed by atoms with van der Waals surface area (Å²) in [7, 11) is 0. The highest BCUT2D eigenvalue weighted by atomic mass is 32.1. The quantitative estimate of drug-likeness (QED) is 0.372. The zero-order valence-electron chi connectivity index (χ0n) is 20.1. The number of carboxylic acid groups (broad SMARTS) is 1. The van der Waals surface area contributed by atoms with Crippen molar-refractivity contribution in [1.82, 2.24) is 30.3 Å². The van der Waals surface area contributed by atoms with Crippen LogP contribution in [0.2, 0.25) is 0 Å². The largest absolute Gasteiger partial charge is 0.490 e. The standard InChI is InChI=1S/C22H22N6O2S.C2HF3O2/c1-14-13-31-19(24-14)12-23-22(29)28-10-8-16(9-11-28)21-26-20(27-30-21)18-7-6-15-4-2-3-5-17(15)25-18;3-2(4,5)1(6)7/h2-7,13,16H,8-12H2,1H3,(H,23,29);(H,6,7). The van der Waals surface area contributed by atoms with Crippen LogP contribution in [0, 0.1) is 6.92 Å². The summed E-state index contributed by atoms with van der Waals surface area (Å²) >= 11 is 1.56. The van der Waals surface area contributed by atoms with Crippen molar-refractivity contribution < 1.29 is 32.4 Å². The fourth-order valence-electron chi connectivity index (χ4n) is 3.77. The Bertz CT molecular complexity index is 1420. The van der Waals surface area contributed by atoms with Crippen LogP contribution in [0.5, 0.6) is 0 Å². The number of rotatable bonds is 4. The van der Waals surface area contributed by atoms with Crippen LogP contribution in [0.3, 0.4) is 0 Å². The zero-order chi connectivity index (χ0) is 27.3. The van der Waals surface area contributed by atoms with Crippen LogP contribution in [0.4, 0.5) is 18.0 Å². The average Bonchev–Trinajstić information content (AvgIpc) is 3.56. The number of carboxylic acids is 1. The summed E-state index contributed by atoms with van der Waals surface area (Å²) in [5.41, 5.74) is 2.58. The first-order valence-corrected chi connectivity index (χ1v) is 12.4. The van der Waals surface area contributed by atoms with Gasteiger partial charge >= 0.3 is 18.2 Å². The molecule has 0 unspecified atom stereocenters. The van der Waals surface area contributed by atoms with E-state index in [4.69, 9.17) is 14.4 Å². The molecular formula is C24H23F3N6O4S. The lowest BCUT2D eigenvalue weighted by Crippen LogP contribution is -2.43. The summed E-state index contributed by atoms with van der Waals surface area (Å²) in [6.45, 7) is 3.72. The minimum Gasteiger partial charge on any atom is -0.475 e. The third-order valence-corrected chi connectivity index (χ3v) is 6.67. The van der Waals surface area contributed by atoms with Gasteiger partial charge in [0.15, 0.2) is 0 Å². The first-order chi connectivity index (χ1) is 18.1. The van der Waals surface area contributed by atoms with E-state index in [-0.39, 0.29) is 11.9 Å². The molecule has 1 saturated heterocycles. The highest BCUT2D eigenvalue weighted by Crippen LogP contribution is 2.28. The Labute approximate surface area is 218 Å². The molecule has 4 heterocycles. The Kier molecular flexibility index (Phi) is 8.20. The number of alkyl halides is 3. The minimum atomic E-state index is -5.08. The molecule has 1 aliphatic heterocycles. The minimum absolute atomic E-state index is 0.0575. The number of aliphatic carboxylic acids is 1. The van der Waals surface area contributed by atoms with Gasteiger partial charge in [0.2, 0.25) is 11.7 Å². The number of hydrogen-bond donors (Lipinski definition) is 2. The zero-order valence-corrected chi connectivity index (χ0v) is 20.9. The van der Waals surface area contributed by atoms with Crippen molar-refractivity contribution in [2.24, 2.45) is 0 Å². The van der Waals surface area contributed by atoms with Crippen molar-refractivity contribution in [3.63, 3.8) is 0 Å². The number of piperidine rings is 1. The number of urea groups is 1. The number of pyridine rings is 1. The number of nitrogens with zero attached hydrogens (tertiary/aromatic N) is 5. The van der Waals surface area contributed by atoms with Crippen molar-refractivity contribution in [3.05, 3.63) is 58.4 Å². The number of thiazole rings is 1. The van der Waals surface area contributed by atoms with Gasteiger partial charge in [0.25, 0.3) is 0 Å². The van der Waals surface area contributed by atoms with Crippen molar-refractivity contribution in [3.8, 4) is 11.5 Å². The van der Waals surface area contributed by atoms with Crippen molar-refractivity contribution in [2.45, 2.75) is 38.4 Å². The number of carbonyl (C=O) groups is 2. The Morgan fingerprint density at radius 2 is 1.84 bits per heavy atom. The summed E-state index contributed by atoms with van der Waals surface area (Å²) in [5.74, 6) is -1.50. The number of nitrogens with one attached hydrogen (secondary N) is 1. The van der Waals surface area contributed by atoms with Crippen molar-refractivity contribution in [1.29, 1.82) is 0 Å². The molecule has 2 N–H and O–H groups in total. The number of fused-ring (bicyclic) bond motifs is 1. The number of amides is 2. The molecular weight excluding hydrogens is 525 g/mol. The Balaban J connectivity index is 0.000000426. The number of aromatic nitrogens is 4. The van der Waals surface area contributed by atoms with Gasteiger partial charge in [-0.1, -0.05) is 29.4 Å². The Hall–Kier alpha value is -4.07. The van der Waals surface area contributed by atoms with E-state index in [1.165, 1.54) is 0 Å². The second kappa shape index (κ2) is 11.5. The predicted molar refractivity (Wildman–Crippen MR) is 131 cm³/mol. The Morgan fingerprint density at radius 1 is 1.13 bits per heavy atom. The molecule has 5 rings (SSSR count). The van der Waals surface area contributed by atoms with E-state index in [9.17, 15) is 18.0 Å². The molecule has 200 valence electrons. The van der Waals surface area contributed by atoms with Crippen LogP contribution in [0.25, 0.3) is 22.4 Å². The molecule has 0 atom stereocenters. The van der Waals surface area contributed by atoms with Crippen LogP contribution in [0.1, 0.15) is 35.4 Å². The van der Waals surface area contributed by atoms with Crippen molar-refractivity contribution in [2.75, 3.05) is 13.1 Å². The lowest BCUT2D eigenvalue weighted by atomic mass is 9.97. The molecule has 1 aromatic carbocycles. The highest BCUT2D eigenvalue weighted by molar-refractivity contribution is 7.09. The maximum absolute atomic E-state index is 12.4. The highest BCUT2D eigenvalue weighted by Gasteiger charge is 2.38. The monoisotopic (exact) mass is 548 g/mol. The van der Waals surface area contributed by atoms with Gasteiger partial charge in [-0.25, -0.2) is 19.6 Å². The van der Waals surface area contributed by atoms with E-state index in [1.54, 1.807) is 11.3 Å². The lowest BCUT2D eigenvalue weighted by Gasteiger charge is -2.30. The van der Waals surface area contributed by atoms with E-state index >= 15 is 0 Å². The summed E-state index contributed by atoms with van der Waals surface area (Å²) in [5, 5.41) is 18.2. The second-order valence-corrected chi connectivity index (χ2v) is 9.39. The molecule has 14 heteroatoms. The molecule has 38 heavy (non-hydrogen) atoms. The number of para-hydroxylation sites is 1. The van der Waals surface area contributed by atoms with Crippen LogP contribution in [-0.2, 0) is 11.3 Å². The number of carbonyl (C=O) groups excluding carboxylic acids is 1. The molecule has 0 bridgehead atoms. The van der Waals surface area contributed by atoms with Gasteiger partial charge < -0.3 is 19.8 Å². The average molecular weight is 549 g/mol. The van der Waals surface area contributed by atoms with E-state index in [0.717, 1.165) is 34.4 Å². The third kappa shape index (κ3) is 6.82. The number of aryl methyl sites for hydroxylation is 1. The summed E-state index contributed by atoms with van der Waals surface area (Å²) in [6, 6.07) is 11.8. The summed E-state index contributed by atoms with van der Waals surface area (Å²) in [4.78, 5) is 36.8. The van der Waals surface area contributed by atoms with Gasteiger partial charge in [-0.3, -0.25) is 0 Å². The third-order valence-electron chi connectivity index (χ3n) is 5.70. The van der Waals surface area contributed by atoms with Gasteiger partial charge in [-0.2, -0.15) is 18.2 Å². The number of hydrogen-bond acceptors (Lipinski definition) is 8. The molecule has 0 radical (unpaired) electrons. The topological polar surface area (TPSA) is 134 Å². The van der Waals surface area contributed by atoms with Crippen LogP contribution >= 0.6 is 11.3 Å². The molecule has 1 aliphatic rings. The second-order valence-electron chi connectivity index (χ2n) is 8.45. The van der Waals surface area contributed by atoms with E-state index in [1.807, 2.05) is 53.6 Å². The molecule has 2 amide bonds. The summed E-state index contributed by atoms with van der Waals surface area (Å²) < 4.78 is 37.3. The van der Waals surface area contributed by atoms with Gasteiger partial charge in [-0.15, -0.1) is 11.3 Å². The van der Waals surface area contributed by atoms with Crippen LogP contribution < -0.4 is 5.32 Å². The van der Waals surface area contributed by atoms with Crippen LogP contribution in [-0.4, -0.2) is 61.4 Å². The fraction of sp³-hybridized carbons (Fsp3) is 0.333. The SMILES string of the molecule is Cc1csc(CNC(=O)N2CCC(c3nc(-c4ccc5ccccc5n4)no3)CC2)n1.O=C(O)C(F)(F)F. The van der Waals surface area contributed by atoms with E-state index in [2.05, 4.69) is 25.4 Å². The number of benzene rings is 1. The Morgan fingerprint density at radius 3 is 2.50 bits per heavy atom. The molecule has 1 fully saturated rings. The van der Waals surface area contributed by atoms with Crippen molar-refractivity contribution >= 4 is 34.2 Å². The maximum atomic E-state index is 12.4. The van der Waals surface area contributed by atoms with Gasteiger partial charge in [0.1, 0.15) is 10.7 Å². The molecule has 4 aromatic rings. The maximum Gasteiger partial charge on any atom is 0.490 e. The molecule has 10 nitrogen and oxygen atoms in total. The smallest absolute Gasteiger partial charge is 0.475 e. The normalized spacial score (nSPS) is 14.2. The molecule has 0 aliphatic carbocycles. The number of halogens is 3. The van der Waals surface area contributed by atoms with E-state index in [0.29, 0.717) is 37.0 Å². The number of likely N-dealkylation sites (tertiary alicyclic amines) is 1. The predicted octanol–water partition coefficient (Wildman–Crippen LogP) is 4.77. The molecule has 3 aromatic heterocycles.